The van der Waals surface area contributed by atoms with Gasteiger partial charge in [-0.1, -0.05) is 172 Å². The molecular weight excluding hydrogens is 875 g/mol. The minimum Gasteiger partial charge on any atom is -0.467 e. The van der Waals surface area contributed by atoms with Gasteiger partial charge in [0, 0.05) is 6.61 Å². The highest BCUT2D eigenvalue weighted by molar-refractivity contribution is 6.74. The Balaban J connectivity index is 1.33. The molecule has 5 aromatic rings. The lowest BCUT2D eigenvalue weighted by Crippen LogP contribution is -2.61. The smallest absolute Gasteiger partial charge is 0.408 e. The molecule has 1 amide bonds. The Labute approximate surface area is 404 Å². The number of esters is 1. The zero-order valence-electron chi connectivity index (χ0n) is 40.6. The standard InChI is InChI=1S/C56H71NO10Si/c1-56(2,3)68(5,6)66-40-47(32-33-48(54(58)60-4)57-55(59)65-39-46-30-20-11-21-31-46)34-49-51(62-36-43-24-14-8-15-25-43)53(64-38-45-28-18-10-19-29-45)52(63-37-44-26-16-9-17-27-44)50(67-49)41-61-35-42-22-12-7-13-23-42/h7-31,47-53H,32-41H2,1-6H3,(H,57,59)/t47-,48-,49-,50+,51-,52-,53+/m0/s1. The predicted octanol–water partition coefficient (Wildman–Crippen LogP) is 11.0. The summed E-state index contributed by atoms with van der Waals surface area (Å²) < 4.78 is 52.5. The van der Waals surface area contributed by atoms with E-state index < -0.39 is 56.9 Å². The molecule has 1 N–H and O–H groups in total. The van der Waals surface area contributed by atoms with E-state index in [1.54, 1.807) is 0 Å². The summed E-state index contributed by atoms with van der Waals surface area (Å²) in [5.41, 5.74) is 4.91. The number of ether oxygens (including phenoxy) is 7. The van der Waals surface area contributed by atoms with E-state index in [9.17, 15) is 9.59 Å². The van der Waals surface area contributed by atoms with Crippen LogP contribution >= 0.6 is 0 Å². The molecule has 0 spiro atoms. The van der Waals surface area contributed by atoms with Crippen molar-refractivity contribution < 1.29 is 47.2 Å². The SMILES string of the molecule is COC(=O)[C@H](CC[C@H](CO[Si](C)(C)C(C)(C)C)C[C@@H]1O[C@H](COCc2ccccc2)[C@H](OCc2ccccc2)[C@H](OCc2ccccc2)[C@H]1OCc1ccccc1)NC(=O)OCc1ccccc1. The summed E-state index contributed by atoms with van der Waals surface area (Å²) in [6, 6.07) is 48.8. The topological polar surface area (TPSA) is 120 Å². The molecule has 11 nitrogen and oxygen atoms in total. The number of hydrogen-bond donors (Lipinski definition) is 1. The molecule has 1 aliphatic heterocycles. The van der Waals surface area contributed by atoms with E-state index in [1.807, 2.05) is 152 Å². The maximum atomic E-state index is 13.3. The maximum absolute atomic E-state index is 13.3. The van der Waals surface area contributed by atoms with Crippen molar-refractivity contribution in [3.63, 3.8) is 0 Å². The zero-order chi connectivity index (χ0) is 48.2. The highest BCUT2D eigenvalue weighted by atomic mass is 28.4. The van der Waals surface area contributed by atoms with Gasteiger partial charge in [0.2, 0.25) is 0 Å². The van der Waals surface area contributed by atoms with Crippen molar-refractivity contribution in [1.82, 2.24) is 5.32 Å². The Kier molecular flexibility index (Phi) is 20.4. The number of hydrogen-bond acceptors (Lipinski definition) is 10. The van der Waals surface area contributed by atoms with Gasteiger partial charge in [-0.05, 0) is 71.1 Å². The van der Waals surface area contributed by atoms with Gasteiger partial charge in [0.05, 0.1) is 46.2 Å². The average Bonchev–Trinajstić information content (AvgIpc) is 3.35. The molecule has 1 fully saturated rings. The number of carbonyl (C=O) groups excluding carboxylic acids is 2. The van der Waals surface area contributed by atoms with Gasteiger partial charge in [0.25, 0.3) is 0 Å². The Morgan fingerprint density at radius 1 is 0.588 bits per heavy atom. The molecule has 12 heteroatoms. The molecule has 364 valence electrons. The molecule has 0 unspecified atom stereocenters. The van der Waals surface area contributed by atoms with E-state index in [2.05, 4.69) is 39.2 Å². The van der Waals surface area contributed by atoms with Gasteiger partial charge in [-0.3, -0.25) is 0 Å². The van der Waals surface area contributed by atoms with Crippen molar-refractivity contribution in [1.29, 1.82) is 0 Å². The number of rotatable bonds is 25. The second kappa shape index (κ2) is 26.5. The Morgan fingerprint density at radius 3 is 1.47 bits per heavy atom. The normalized spacial score (nSPS) is 19.4. The monoisotopic (exact) mass is 945 g/mol. The third-order valence-corrected chi connectivity index (χ3v) is 17.4. The molecule has 68 heavy (non-hydrogen) atoms. The molecule has 5 aromatic carbocycles. The lowest BCUT2D eigenvalue weighted by Gasteiger charge is -2.47. The molecular formula is C56H71NO10Si. The molecule has 1 saturated heterocycles. The molecule has 0 bridgehead atoms. The van der Waals surface area contributed by atoms with Crippen molar-refractivity contribution in [2.24, 2.45) is 5.92 Å². The summed E-state index contributed by atoms with van der Waals surface area (Å²) in [5.74, 6) is -0.721. The number of methoxy groups -OCH3 is 1. The summed E-state index contributed by atoms with van der Waals surface area (Å²) in [5, 5.41) is 2.72. The van der Waals surface area contributed by atoms with Crippen LogP contribution < -0.4 is 5.32 Å². The van der Waals surface area contributed by atoms with Crippen LogP contribution in [0.2, 0.25) is 18.1 Å². The minimum atomic E-state index is -2.26. The molecule has 1 heterocycles. The van der Waals surface area contributed by atoms with Gasteiger partial charge >= 0.3 is 12.1 Å². The number of alkyl carbamates (subject to hydrolysis) is 1. The third kappa shape index (κ3) is 16.5. The molecule has 0 aliphatic carbocycles. The van der Waals surface area contributed by atoms with Crippen molar-refractivity contribution >= 4 is 20.4 Å². The van der Waals surface area contributed by atoms with Gasteiger partial charge in [0.1, 0.15) is 37.1 Å². The van der Waals surface area contributed by atoms with E-state index in [4.69, 9.17) is 37.6 Å². The predicted molar refractivity (Wildman–Crippen MR) is 266 cm³/mol. The van der Waals surface area contributed by atoms with Crippen LogP contribution in [0.25, 0.3) is 0 Å². The molecule has 7 atom stereocenters. The average molecular weight is 946 g/mol. The van der Waals surface area contributed by atoms with Crippen LogP contribution in [0.15, 0.2) is 152 Å². The summed E-state index contributed by atoms with van der Waals surface area (Å²) >= 11 is 0. The van der Waals surface area contributed by atoms with Gasteiger partial charge in [0.15, 0.2) is 8.32 Å². The van der Waals surface area contributed by atoms with Crippen molar-refractivity contribution in [2.45, 2.75) is 128 Å². The lowest BCUT2D eigenvalue weighted by molar-refractivity contribution is -0.275. The summed E-state index contributed by atoms with van der Waals surface area (Å²) in [6.45, 7) is 13.1. The number of benzene rings is 5. The molecule has 0 aromatic heterocycles. The fourth-order valence-electron chi connectivity index (χ4n) is 7.92. The molecule has 0 saturated carbocycles. The highest BCUT2D eigenvalue weighted by Gasteiger charge is 2.49. The minimum absolute atomic E-state index is 0.0558. The maximum Gasteiger partial charge on any atom is 0.408 e. The first kappa shape index (κ1) is 52.2. The molecule has 1 aliphatic rings. The van der Waals surface area contributed by atoms with Crippen molar-refractivity contribution in [3.05, 3.63) is 179 Å². The Bertz CT molecular complexity index is 2190. The summed E-state index contributed by atoms with van der Waals surface area (Å²) in [7, 11) is -0.943. The fraction of sp³-hybridized carbons (Fsp3) is 0.429. The quantitative estimate of drug-likeness (QED) is 0.0447. The zero-order valence-corrected chi connectivity index (χ0v) is 41.6. The van der Waals surface area contributed by atoms with E-state index in [-0.39, 0.29) is 30.6 Å². The third-order valence-electron chi connectivity index (χ3n) is 12.9. The van der Waals surface area contributed by atoms with Crippen molar-refractivity contribution in [2.75, 3.05) is 20.3 Å². The van der Waals surface area contributed by atoms with Crippen LogP contribution in [0.1, 0.15) is 67.9 Å². The first-order valence-electron chi connectivity index (χ1n) is 23.8. The number of nitrogens with one attached hydrogen (secondary N) is 1. The first-order valence-corrected chi connectivity index (χ1v) is 26.7. The van der Waals surface area contributed by atoms with E-state index in [0.717, 1.165) is 27.8 Å². The first-order chi connectivity index (χ1) is 32.9. The summed E-state index contributed by atoms with van der Waals surface area (Å²) in [6.07, 6.45) is -2.37. The Hall–Kier alpha value is -5.18. The van der Waals surface area contributed by atoms with Crippen LogP contribution in [0.3, 0.4) is 0 Å². The fourth-order valence-corrected chi connectivity index (χ4v) is 9.00. The highest BCUT2D eigenvalue weighted by Crippen LogP contribution is 2.39. The van der Waals surface area contributed by atoms with Crippen LogP contribution in [0, 0.1) is 5.92 Å². The van der Waals surface area contributed by atoms with Crippen LogP contribution in [-0.4, -0.2) is 77.3 Å². The second-order valence-electron chi connectivity index (χ2n) is 19.0. The number of carbonyl (C=O) groups is 2. The van der Waals surface area contributed by atoms with E-state index >= 15 is 0 Å². The van der Waals surface area contributed by atoms with Crippen LogP contribution in [-0.2, 0) is 75.4 Å². The van der Waals surface area contributed by atoms with E-state index in [0.29, 0.717) is 45.9 Å². The Morgan fingerprint density at radius 2 is 1.01 bits per heavy atom. The van der Waals surface area contributed by atoms with Crippen LogP contribution in [0.5, 0.6) is 0 Å². The largest absolute Gasteiger partial charge is 0.467 e. The van der Waals surface area contributed by atoms with Crippen LogP contribution in [0.4, 0.5) is 4.79 Å². The van der Waals surface area contributed by atoms with Crippen molar-refractivity contribution in [3.8, 4) is 0 Å². The van der Waals surface area contributed by atoms with E-state index in [1.165, 1.54) is 7.11 Å². The number of amides is 1. The molecule has 0 radical (unpaired) electrons. The molecule has 6 rings (SSSR count). The van der Waals surface area contributed by atoms with Gasteiger partial charge in [-0.2, -0.15) is 0 Å². The summed E-state index contributed by atoms with van der Waals surface area (Å²) in [4.78, 5) is 26.5. The lowest BCUT2D eigenvalue weighted by atomic mass is 9.87. The van der Waals surface area contributed by atoms with Gasteiger partial charge in [-0.25, -0.2) is 9.59 Å². The van der Waals surface area contributed by atoms with Gasteiger partial charge < -0.3 is 42.9 Å². The second-order valence-corrected chi connectivity index (χ2v) is 23.8. The van der Waals surface area contributed by atoms with Gasteiger partial charge in [-0.15, -0.1) is 0 Å².